The SMILES string of the molecule is CN(C)CC[C@H](CSc1ccccc1)Nc1ccc([N+](=O)[O-])cc1S(N)(=O)=O. The summed E-state index contributed by atoms with van der Waals surface area (Å²) in [5.41, 5.74) is -0.0522. The summed E-state index contributed by atoms with van der Waals surface area (Å²) < 4.78 is 23.9. The van der Waals surface area contributed by atoms with E-state index in [1.165, 1.54) is 12.1 Å². The number of thioether (sulfide) groups is 1. The molecule has 0 saturated carbocycles. The molecule has 3 N–H and O–H groups in total. The van der Waals surface area contributed by atoms with Gasteiger partial charge in [-0.15, -0.1) is 11.8 Å². The number of nitrogens with two attached hydrogens (primary N) is 1. The Morgan fingerprint density at radius 3 is 2.46 bits per heavy atom. The van der Waals surface area contributed by atoms with E-state index >= 15 is 0 Å². The van der Waals surface area contributed by atoms with Crippen molar-refractivity contribution >= 4 is 33.2 Å². The summed E-state index contributed by atoms with van der Waals surface area (Å²) in [7, 11) is -0.195. The fraction of sp³-hybridized carbons (Fsp3) is 0.333. The smallest absolute Gasteiger partial charge is 0.270 e. The number of benzene rings is 2. The highest BCUT2D eigenvalue weighted by Crippen LogP contribution is 2.28. The summed E-state index contributed by atoms with van der Waals surface area (Å²) in [4.78, 5) is 13.2. The highest BCUT2D eigenvalue weighted by atomic mass is 32.2. The molecule has 0 unspecified atom stereocenters. The number of sulfonamides is 1. The monoisotopic (exact) mass is 424 g/mol. The van der Waals surface area contributed by atoms with E-state index in [0.29, 0.717) is 5.75 Å². The molecular weight excluding hydrogens is 400 g/mol. The van der Waals surface area contributed by atoms with E-state index in [1.54, 1.807) is 11.8 Å². The summed E-state index contributed by atoms with van der Waals surface area (Å²) >= 11 is 1.65. The third kappa shape index (κ3) is 6.79. The Labute approximate surface area is 169 Å². The van der Waals surface area contributed by atoms with Gasteiger partial charge in [-0.05, 0) is 45.3 Å². The van der Waals surface area contributed by atoms with Gasteiger partial charge in [-0.1, -0.05) is 18.2 Å². The lowest BCUT2D eigenvalue weighted by Crippen LogP contribution is -2.29. The van der Waals surface area contributed by atoms with E-state index in [2.05, 4.69) is 5.32 Å². The predicted molar refractivity (Wildman–Crippen MR) is 112 cm³/mol. The molecule has 10 heteroatoms. The number of anilines is 1. The summed E-state index contributed by atoms with van der Waals surface area (Å²) in [5.74, 6) is 0.693. The molecule has 0 radical (unpaired) electrons. The van der Waals surface area contributed by atoms with Gasteiger partial charge in [-0.25, -0.2) is 13.6 Å². The fourth-order valence-electron chi connectivity index (χ4n) is 2.52. The summed E-state index contributed by atoms with van der Waals surface area (Å²) in [5, 5.41) is 19.5. The second kappa shape index (κ2) is 9.87. The van der Waals surface area contributed by atoms with Crippen molar-refractivity contribution in [1.82, 2.24) is 4.90 Å². The standard InChI is InChI=1S/C18H24N4O4S2/c1-21(2)11-10-14(13-27-16-6-4-3-5-7-16)20-17-9-8-15(22(23)24)12-18(17)28(19,25)26/h3-9,12,14,20H,10-11,13H2,1-2H3,(H2,19,25,26)/t14-/m1/s1. The normalized spacial score (nSPS) is 12.7. The molecule has 8 nitrogen and oxygen atoms in total. The van der Waals surface area contributed by atoms with Gasteiger partial charge in [0, 0.05) is 28.8 Å². The van der Waals surface area contributed by atoms with Crippen LogP contribution in [-0.2, 0) is 10.0 Å². The van der Waals surface area contributed by atoms with Gasteiger partial charge in [0.15, 0.2) is 0 Å². The van der Waals surface area contributed by atoms with Gasteiger partial charge in [0.05, 0.1) is 10.6 Å². The van der Waals surface area contributed by atoms with Crippen LogP contribution in [0.5, 0.6) is 0 Å². The van der Waals surface area contributed by atoms with Crippen molar-refractivity contribution < 1.29 is 13.3 Å². The molecule has 0 spiro atoms. The lowest BCUT2D eigenvalue weighted by molar-refractivity contribution is -0.385. The molecule has 0 aromatic heterocycles. The van der Waals surface area contributed by atoms with Crippen LogP contribution in [0, 0.1) is 10.1 Å². The third-order valence-electron chi connectivity index (χ3n) is 3.96. The van der Waals surface area contributed by atoms with Gasteiger partial charge in [-0.3, -0.25) is 10.1 Å². The van der Waals surface area contributed by atoms with Gasteiger partial charge >= 0.3 is 0 Å². The van der Waals surface area contributed by atoms with Gasteiger partial charge < -0.3 is 10.2 Å². The third-order valence-corrected chi connectivity index (χ3v) is 6.09. The van der Waals surface area contributed by atoms with E-state index in [4.69, 9.17) is 5.14 Å². The zero-order valence-electron chi connectivity index (χ0n) is 15.7. The summed E-state index contributed by atoms with van der Waals surface area (Å²) in [6.45, 7) is 0.796. The van der Waals surface area contributed by atoms with Gasteiger partial charge in [0.1, 0.15) is 4.90 Å². The minimum absolute atomic E-state index is 0.0606. The van der Waals surface area contributed by atoms with Crippen LogP contribution >= 0.6 is 11.8 Å². The summed E-state index contributed by atoms with van der Waals surface area (Å²) in [6, 6.07) is 13.5. The number of nitro benzene ring substituents is 1. The Balaban J connectivity index is 2.25. The van der Waals surface area contributed by atoms with Crippen LogP contribution < -0.4 is 10.5 Å². The number of non-ortho nitro benzene ring substituents is 1. The van der Waals surface area contributed by atoms with E-state index in [-0.39, 0.29) is 22.3 Å². The topological polar surface area (TPSA) is 119 Å². The highest BCUT2D eigenvalue weighted by Gasteiger charge is 2.21. The maximum atomic E-state index is 12.0. The number of nitrogens with zero attached hydrogens (tertiary/aromatic N) is 2. The summed E-state index contributed by atoms with van der Waals surface area (Å²) in [6.07, 6.45) is 0.758. The molecule has 28 heavy (non-hydrogen) atoms. The molecule has 0 amide bonds. The molecule has 0 aliphatic rings. The molecule has 2 aromatic carbocycles. The van der Waals surface area contributed by atoms with Gasteiger partial charge in [0.2, 0.25) is 10.0 Å². The molecule has 0 fully saturated rings. The average Bonchev–Trinajstić information content (AvgIpc) is 2.63. The zero-order chi connectivity index (χ0) is 20.7. The predicted octanol–water partition coefficient (Wildman–Crippen LogP) is 2.77. The number of rotatable bonds is 10. The molecule has 0 aliphatic heterocycles. The van der Waals surface area contributed by atoms with Crippen LogP contribution in [0.2, 0.25) is 0 Å². The molecule has 152 valence electrons. The lowest BCUT2D eigenvalue weighted by Gasteiger charge is -2.23. The number of primary sulfonamides is 1. The Kier molecular flexibility index (Phi) is 7.81. The minimum atomic E-state index is -4.12. The lowest BCUT2D eigenvalue weighted by atomic mass is 10.2. The molecule has 1 atom stereocenters. The molecule has 0 bridgehead atoms. The second-order valence-corrected chi connectivity index (χ2v) is 9.16. The van der Waals surface area contributed by atoms with Crippen molar-refractivity contribution in [2.45, 2.75) is 22.3 Å². The first kappa shape index (κ1) is 22.2. The highest BCUT2D eigenvalue weighted by molar-refractivity contribution is 7.99. The minimum Gasteiger partial charge on any atom is -0.380 e. The Morgan fingerprint density at radius 1 is 1.21 bits per heavy atom. The first-order valence-electron chi connectivity index (χ1n) is 8.57. The molecule has 2 rings (SSSR count). The van der Waals surface area contributed by atoms with E-state index in [9.17, 15) is 18.5 Å². The first-order chi connectivity index (χ1) is 13.2. The largest absolute Gasteiger partial charge is 0.380 e. The van der Waals surface area contributed by atoms with Crippen LogP contribution in [0.3, 0.4) is 0 Å². The second-order valence-electron chi connectivity index (χ2n) is 6.54. The number of hydrogen-bond acceptors (Lipinski definition) is 7. The van der Waals surface area contributed by atoms with E-state index < -0.39 is 14.9 Å². The van der Waals surface area contributed by atoms with Gasteiger partial charge in [0.25, 0.3) is 5.69 Å². The quantitative estimate of drug-likeness (QED) is 0.342. The van der Waals surface area contributed by atoms with Crippen LogP contribution in [0.4, 0.5) is 11.4 Å². The maximum Gasteiger partial charge on any atom is 0.270 e. The zero-order valence-corrected chi connectivity index (χ0v) is 17.4. The Morgan fingerprint density at radius 2 is 1.89 bits per heavy atom. The van der Waals surface area contributed by atoms with E-state index in [0.717, 1.165) is 23.9 Å². The van der Waals surface area contributed by atoms with Crippen LogP contribution in [0.25, 0.3) is 0 Å². The Hall–Kier alpha value is -2.14. The van der Waals surface area contributed by atoms with Crippen molar-refractivity contribution in [3.05, 3.63) is 58.6 Å². The maximum absolute atomic E-state index is 12.0. The van der Waals surface area contributed by atoms with Crippen molar-refractivity contribution in [3.8, 4) is 0 Å². The first-order valence-corrected chi connectivity index (χ1v) is 11.1. The van der Waals surface area contributed by atoms with E-state index in [1.807, 2.05) is 49.3 Å². The Bertz CT molecular complexity index is 905. The van der Waals surface area contributed by atoms with Crippen molar-refractivity contribution in [1.29, 1.82) is 0 Å². The van der Waals surface area contributed by atoms with Crippen molar-refractivity contribution in [2.24, 2.45) is 5.14 Å². The molecule has 2 aromatic rings. The van der Waals surface area contributed by atoms with Crippen LogP contribution in [-0.4, -0.2) is 50.7 Å². The van der Waals surface area contributed by atoms with Crippen LogP contribution in [0.1, 0.15) is 6.42 Å². The molecule has 0 aliphatic carbocycles. The van der Waals surface area contributed by atoms with Gasteiger partial charge in [-0.2, -0.15) is 0 Å². The molecule has 0 heterocycles. The van der Waals surface area contributed by atoms with Crippen LogP contribution in [0.15, 0.2) is 58.3 Å². The number of hydrogen-bond donors (Lipinski definition) is 2. The van der Waals surface area contributed by atoms with Crippen molar-refractivity contribution in [3.63, 3.8) is 0 Å². The molecular formula is C18H24N4O4S2. The van der Waals surface area contributed by atoms with Crippen molar-refractivity contribution in [2.75, 3.05) is 31.7 Å². The molecule has 0 saturated heterocycles. The number of nitrogens with one attached hydrogen (secondary N) is 1. The number of nitro groups is 1. The fourth-order valence-corrected chi connectivity index (χ4v) is 4.24. The average molecular weight is 425 g/mol.